The normalized spacial score (nSPS) is 10.8. The van der Waals surface area contributed by atoms with E-state index < -0.39 is 5.97 Å². The minimum Gasteiger partial charge on any atom is -0.461 e. The number of carbonyl (C=O) groups excluding carboxylic acids is 2. The molecule has 104 valence electrons. The monoisotopic (exact) mass is 264 g/mol. The number of allylic oxidation sites excluding steroid dienone is 1. The summed E-state index contributed by atoms with van der Waals surface area (Å²) in [5, 5.41) is 0. The lowest BCUT2D eigenvalue weighted by atomic mass is 10.1. The van der Waals surface area contributed by atoms with Crippen LogP contribution in [0.1, 0.15) is 39.0 Å². The maximum Gasteiger partial charge on any atom is 0.355 e. The quantitative estimate of drug-likeness (QED) is 0.502. The van der Waals surface area contributed by atoms with E-state index >= 15 is 0 Å². The van der Waals surface area contributed by atoms with Gasteiger partial charge >= 0.3 is 5.97 Å². The van der Waals surface area contributed by atoms with E-state index in [1.165, 1.54) is 6.08 Å². The van der Waals surface area contributed by atoms with Crippen molar-refractivity contribution in [3.8, 4) is 0 Å². The van der Waals surface area contributed by atoms with Gasteiger partial charge in [0.25, 0.3) is 0 Å². The van der Waals surface area contributed by atoms with E-state index in [9.17, 15) is 9.59 Å². The summed E-state index contributed by atoms with van der Waals surface area (Å²) in [6.45, 7) is 5.56. The summed E-state index contributed by atoms with van der Waals surface area (Å²) in [6.07, 6.45) is 3.16. The van der Waals surface area contributed by atoms with Gasteiger partial charge in [0, 0.05) is 37.6 Å². The number of carbonyl (C=O) groups is 2. The van der Waals surface area contributed by atoms with Crippen molar-refractivity contribution in [2.75, 3.05) is 20.7 Å². The number of rotatable bonds is 5. The molecule has 1 aromatic rings. The predicted octanol–water partition coefficient (Wildman–Crippen LogP) is 2.07. The number of hydrogen-bond acceptors (Lipinski definition) is 4. The molecule has 1 rings (SSSR count). The molecule has 0 saturated heterocycles. The number of ether oxygens (including phenoxy) is 1. The molecular formula is C14H20N2O3. The highest BCUT2D eigenvalue weighted by molar-refractivity contribution is 6.08. The van der Waals surface area contributed by atoms with Crippen LogP contribution in [-0.2, 0) is 4.74 Å². The van der Waals surface area contributed by atoms with E-state index in [1.54, 1.807) is 31.9 Å². The molecule has 1 aromatic heterocycles. The van der Waals surface area contributed by atoms with E-state index in [4.69, 9.17) is 4.74 Å². The maximum absolute atomic E-state index is 12.1. The fourth-order valence-electron chi connectivity index (χ4n) is 1.83. The number of aromatic nitrogens is 1. The van der Waals surface area contributed by atoms with Crippen LogP contribution < -0.4 is 0 Å². The van der Waals surface area contributed by atoms with E-state index in [0.717, 1.165) is 0 Å². The highest BCUT2D eigenvalue weighted by atomic mass is 16.5. The third-order valence-electron chi connectivity index (χ3n) is 2.69. The zero-order chi connectivity index (χ0) is 14.6. The highest BCUT2D eigenvalue weighted by Gasteiger charge is 2.21. The van der Waals surface area contributed by atoms with Gasteiger partial charge in [0.2, 0.25) is 0 Å². The largest absolute Gasteiger partial charge is 0.461 e. The van der Waals surface area contributed by atoms with Crippen LogP contribution in [0.4, 0.5) is 0 Å². The fourth-order valence-corrected chi connectivity index (χ4v) is 1.83. The van der Waals surface area contributed by atoms with E-state index in [-0.39, 0.29) is 5.78 Å². The molecule has 0 amide bonds. The molecule has 5 heteroatoms. The fraction of sp³-hybridized carbons (Fsp3) is 0.429. The average molecular weight is 264 g/mol. The molecule has 0 fully saturated rings. The first-order valence-corrected chi connectivity index (χ1v) is 6.13. The van der Waals surface area contributed by atoms with Gasteiger partial charge in [0.05, 0.1) is 6.61 Å². The second-order valence-corrected chi connectivity index (χ2v) is 4.49. The lowest BCUT2D eigenvalue weighted by Gasteiger charge is -2.03. The molecule has 0 aromatic carbocycles. The number of esters is 1. The van der Waals surface area contributed by atoms with Crippen LogP contribution in [-0.4, -0.2) is 42.3 Å². The lowest BCUT2D eigenvalue weighted by molar-refractivity contribution is 0.0519. The first kappa shape index (κ1) is 15.0. The van der Waals surface area contributed by atoms with Crippen LogP contribution in [0.5, 0.6) is 0 Å². The summed E-state index contributed by atoms with van der Waals surface area (Å²) in [7, 11) is 3.68. The number of nitrogens with zero attached hydrogens (tertiary/aromatic N) is 1. The molecule has 5 nitrogen and oxygen atoms in total. The minimum atomic E-state index is -0.432. The van der Waals surface area contributed by atoms with Crippen molar-refractivity contribution in [3.05, 3.63) is 34.8 Å². The Bertz CT molecular complexity index is 513. The molecule has 0 bridgehead atoms. The summed E-state index contributed by atoms with van der Waals surface area (Å²) in [5.41, 5.74) is 2.18. The molecule has 0 saturated carbocycles. The Balaban J connectivity index is 3.10. The number of aromatic amines is 1. The Kier molecular flexibility index (Phi) is 4.92. The van der Waals surface area contributed by atoms with Gasteiger partial charge in [-0.3, -0.25) is 4.79 Å². The minimum absolute atomic E-state index is 0.129. The van der Waals surface area contributed by atoms with Crippen molar-refractivity contribution in [2.45, 2.75) is 20.8 Å². The molecule has 0 aliphatic rings. The Morgan fingerprint density at radius 1 is 1.32 bits per heavy atom. The van der Waals surface area contributed by atoms with Crippen LogP contribution in [0.3, 0.4) is 0 Å². The summed E-state index contributed by atoms with van der Waals surface area (Å²) < 4.78 is 4.95. The van der Waals surface area contributed by atoms with Crippen LogP contribution in [0.2, 0.25) is 0 Å². The standard InChI is InChI=1S/C14H20N2O3/c1-6-19-14(18)13-9(2)12(10(3)15-13)11(17)7-8-16(4)5/h7-8,15H,6H2,1-5H3/b8-7+. The lowest BCUT2D eigenvalue weighted by Crippen LogP contribution is -2.07. The number of H-pyrrole nitrogens is 1. The van der Waals surface area contributed by atoms with Gasteiger partial charge in [-0.1, -0.05) is 0 Å². The number of hydrogen-bond donors (Lipinski definition) is 1. The zero-order valence-corrected chi connectivity index (χ0v) is 12.0. The molecule has 0 atom stereocenters. The van der Waals surface area contributed by atoms with Gasteiger partial charge in [-0.25, -0.2) is 4.79 Å². The van der Waals surface area contributed by atoms with Gasteiger partial charge in [-0.15, -0.1) is 0 Å². The first-order chi connectivity index (χ1) is 8.88. The van der Waals surface area contributed by atoms with Gasteiger partial charge in [0.15, 0.2) is 5.78 Å². The third-order valence-corrected chi connectivity index (χ3v) is 2.69. The van der Waals surface area contributed by atoms with Crippen molar-refractivity contribution < 1.29 is 14.3 Å². The van der Waals surface area contributed by atoms with Crippen LogP contribution in [0.25, 0.3) is 0 Å². The number of ketones is 1. The van der Waals surface area contributed by atoms with Crippen molar-refractivity contribution in [1.29, 1.82) is 0 Å². The first-order valence-electron chi connectivity index (χ1n) is 6.13. The van der Waals surface area contributed by atoms with E-state index in [2.05, 4.69) is 4.98 Å². The molecule has 1 heterocycles. The molecule has 0 unspecified atom stereocenters. The molecular weight excluding hydrogens is 244 g/mol. The van der Waals surface area contributed by atoms with Crippen molar-refractivity contribution >= 4 is 11.8 Å². The van der Waals surface area contributed by atoms with Crippen molar-refractivity contribution in [1.82, 2.24) is 9.88 Å². The van der Waals surface area contributed by atoms with Crippen LogP contribution in [0, 0.1) is 13.8 Å². The average Bonchev–Trinajstić information content (AvgIpc) is 2.62. The zero-order valence-electron chi connectivity index (χ0n) is 12.0. The summed E-state index contributed by atoms with van der Waals surface area (Å²) in [5.74, 6) is -0.561. The predicted molar refractivity (Wildman–Crippen MR) is 73.4 cm³/mol. The van der Waals surface area contributed by atoms with Crippen LogP contribution >= 0.6 is 0 Å². The van der Waals surface area contributed by atoms with Gasteiger partial charge < -0.3 is 14.6 Å². The Morgan fingerprint density at radius 3 is 2.47 bits per heavy atom. The Morgan fingerprint density at radius 2 is 1.95 bits per heavy atom. The highest BCUT2D eigenvalue weighted by Crippen LogP contribution is 2.19. The number of aryl methyl sites for hydroxylation is 1. The van der Waals surface area contributed by atoms with Gasteiger partial charge in [-0.05, 0) is 26.3 Å². The van der Waals surface area contributed by atoms with E-state index in [0.29, 0.717) is 29.1 Å². The third kappa shape index (κ3) is 3.47. The molecule has 0 aliphatic carbocycles. The maximum atomic E-state index is 12.1. The summed E-state index contributed by atoms with van der Waals surface area (Å²) >= 11 is 0. The van der Waals surface area contributed by atoms with Crippen LogP contribution in [0.15, 0.2) is 12.3 Å². The van der Waals surface area contributed by atoms with Crippen molar-refractivity contribution in [3.63, 3.8) is 0 Å². The number of nitrogens with one attached hydrogen (secondary N) is 1. The molecule has 0 aliphatic heterocycles. The van der Waals surface area contributed by atoms with Gasteiger partial charge in [0.1, 0.15) is 5.69 Å². The molecule has 1 N–H and O–H groups in total. The van der Waals surface area contributed by atoms with Gasteiger partial charge in [-0.2, -0.15) is 0 Å². The smallest absolute Gasteiger partial charge is 0.355 e. The van der Waals surface area contributed by atoms with Crippen molar-refractivity contribution in [2.24, 2.45) is 0 Å². The SMILES string of the molecule is CCOC(=O)c1[nH]c(C)c(C(=O)/C=C/N(C)C)c1C. The second kappa shape index (κ2) is 6.22. The second-order valence-electron chi connectivity index (χ2n) is 4.49. The Labute approximate surface area is 113 Å². The topological polar surface area (TPSA) is 62.4 Å². The summed E-state index contributed by atoms with van der Waals surface area (Å²) in [6, 6.07) is 0. The van der Waals surface area contributed by atoms with E-state index in [1.807, 2.05) is 14.1 Å². The molecule has 0 spiro atoms. The molecule has 0 radical (unpaired) electrons. The Hall–Kier alpha value is -2.04. The summed E-state index contributed by atoms with van der Waals surface area (Å²) in [4.78, 5) is 28.5. The molecule has 19 heavy (non-hydrogen) atoms.